The van der Waals surface area contributed by atoms with Crippen LogP contribution in [-0.2, 0) is 32.2 Å². The highest BCUT2D eigenvalue weighted by Crippen LogP contribution is 2.50. The second kappa shape index (κ2) is 12.2. The molecule has 2 aromatic rings. The Labute approximate surface area is 270 Å². The lowest BCUT2D eigenvalue weighted by atomic mass is 9.69. The molecule has 0 bridgehead atoms. The van der Waals surface area contributed by atoms with Crippen LogP contribution in [0.1, 0.15) is 91.8 Å². The zero-order valence-corrected chi connectivity index (χ0v) is 29.3. The van der Waals surface area contributed by atoms with Crippen molar-refractivity contribution in [3.63, 3.8) is 0 Å². The standard InChI is InChI=1S/C37H50N2O5S/c1-10-38-30-18-17-26(24-32(40)41)23-28(30)37(8,9)33(38)35(4,5)20-19-34(2,3)25-31-36(6,7)27-15-11-12-16-29(27)39(31)21-13-14-22-45(42,43)44/h11-12,15-20,23,25H,10,13-14,21-22,24H2,1-9H3,(H-,40,41,42,43,44)/p+1. The van der Waals surface area contributed by atoms with Crippen LogP contribution in [0.5, 0.6) is 0 Å². The lowest BCUT2D eigenvalue weighted by Crippen LogP contribution is -2.40. The van der Waals surface area contributed by atoms with Crippen LogP contribution in [0, 0.1) is 10.8 Å². The van der Waals surface area contributed by atoms with E-state index in [2.05, 4.69) is 120 Å². The van der Waals surface area contributed by atoms with E-state index in [9.17, 15) is 22.9 Å². The normalized spacial score (nSPS) is 18.6. The first-order valence-corrected chi connectivity index (χ1v) is 17.6. The van der Waals surface area contributed by atoms with Crippen LogP contribution in [-0.4, -0.2) is 53.2 Å². The average molecular weight is 636 g/mol. The van der Waals surface area contributed by atoms with Gasteiger partial charge < -0.3 is 10.0 Å². The molecule has 0 saturated carbocycles. The zero-order chi connectivity index (χ0) is 33.6. The Hall–Kier alpha value is -3.23. The van der Waals surface area contributed by atoms with E-state index in [-0.39, 0.29) is 33.8 Å². The van der Waals surface area contributed by atoms with Gasteiger partial charge in [0.1, 0.15) is 6.54 Å². The summed E-state index contributed by atoms with van der Waals surface area (Å²) in [5, 5.41) is 9.39. The van der Waals surface area contributed by atoms with Crippen LogP contribution in [0.3, 0.4) is 0 Å². The van der Waals surface area contributed by atoms with E-state index >= 15 is 0 Å². The monoisotopic (exact) mass is 635 g/mol. The summed E-state index contributed by atoms with van der Waals surface area (Å²) in [6.07, 6.45) is 8.00. The van der Waals surface area contributed by atoms with Crippen LogP contribution in [0.25, 0.3) is 0 Å². The molecule has 0 unspecified atom stereocenters. The van der Waals surface area contributed by atoms with Gasteiger partial charge in [-0.1, -0.05) is 70.2 Å². The molecule has 0 radical (unpaired) electrons. The minimum Gasteiger partial charge on any atom is -0.481 e. The molecule has 0 fully saturated rings. The number of carbonyl (C=O) groups is 1. The highest BCUT2D eigenvalue weighted by molar-refractivity contribution is 7.85. The number of benzene rings is 2. The van der Waals surface area contributed by atoms with E-state index in [1.807, 2.05) is 12.1 Å². The van der Waals surface area contributed by atoms with Crippen molar-refractivity contribution in [1.29, 1.82) is 0 Å². The first kappa shape index (κ1) is 34.6. The van der Waals surface area contributed by atoms with Crippen molar-refractivity contribution < 1.29 is 27.4 Å². The summed E-state index contributed by atoms with van der Waals surface area (Å²) in [6, 6.07) is 14.5. The Morgan fingerprint density at radius 1 is 0.956 bits per heavy atom. The van der Waals surface area contributed by atoms with Crippen molar-refractivity contribution in [1.82, 2.24) is 0 Å². The fourth-order valence-corrected chi connectivity index (χ4v) is 8.04. The average Bonchev–Trinajstić information content (AvgIpc) is 3.28. The summed E-state index contributed by atoms with van der Waals surface area (Å²) in [6.45, 7) is 21.5. The second-order valence-electron chi connectivity index (χ2n) is 14.8. The number of aliphatic carboxylic acids is 1. The molecule has 0 aliphatic carbocycles. The third-order valence-corrected chi connectivity index (χ3v) is 10.2. The summed E-state index contributed by atoms with van der Waals surface area (Å²) in [5.41, 5.74) is 6.85. The number of allylic oxidation sites excluding steroid dienone is 4. The predicted octanol–water partition coefficient (Wildman–Crippen LogP) is 7.67. The number of hydrogen-bond acceptors (Lipinski definition) is 4. The molecular formula is C37H51N2O5S+. The van der Waals surface area contributed by atoms with E-state index in [4.69, 9.17) is 0 Å². The van der Waals surface area contributed by atoms with E-state index in [1.165, 1.54) is 17.0 Å². The van der Waals surface area contributed by atoms with Crippen LogP contribution >= 0.6 is 0 Å². The number of hydrogen-bond donors (Lipinski definition) is 2. The quantitative estimate of drug-likeness (QED) is 0.108. The molecule has 8 heteroatoms. The largest absolute Gasteiger partial charge is 0.481 e. The summed E-state index contributed by atoms with van der Waals surface area (Å²) >= 11 is 0. The number of carboxylic acid groups (broad SMARTS) is 1. The number of rotatable bonds is 12. The van der Waals surface area contributed by atoms with E-state index < -0.39 is 16.1 Å². The molecular weight excluding hydrogens is 584 g/mol. The molecule has 0 amide bonds. The van der Waals surface area contributed by atoms with Gasteiger partial charge >= 0.3 is 5.97 Å². The Balaban J connectivity index is 1.68. The maximum absolute atomic E-state index is 11.4. The molecule has 2 aliphatic heterocycles. The Morgan fingerprint density at radius 2 is 1.62 bits per heavy atom. The van der Waals surface area contributed by atoms with E-state index in [0.717, 1.165) is 29.0 Å². The van der Waals surface area contributed by atoms with Gasteiger partial charge in [0.15, 0.2) is 5.71 Å². The zero-order valence-electron chi connectivity index (χ0n) is 28.4. The SMILES string of the molecule is CC[N+]1=C(C(C)(C)C=CC(C)(C)C=C2N(CCCCS(=O)(=O)O)c3ccccc3C2(C)C)C(C)(C)c2cc(CC(=O)O)ccc21. The summed E-state index contributed by atoms with van der Waals surface area (Å²) in [5.74, 6) is -1.06. The summed E-state index contributed by atoms with van der Waals surface area (Å²) in [4.78, 5) is 13.8. The topological polar surface area (TPSA) is 97.9 Å². The van der Waals surface area contributed by atoms with Gasteiger partial charge in [0.05, 0.1) is 23.0 Å². The molecule has 45 heavy (non-hydrogen) atoms. The molecule has 2 heterocycles. The molecule has 4 rings (SSSR count). The fourth-order valence-electron chi connectivity index (χ4n) is 7.47. The molecule has 0 aromatic heterocycles. The van der Waals surface area contributed by atoms with Gasteiger partial charge in [-0.3, -0.25) is 9.35 Å². The van der Waals surface area contributed by atoms with E-state index in [0.29, 0.717) is 19.4 Å². The molecule has 2 aliphatic rings. The van der Waals surface area contributed by atoms with Crippen molar-refractivity contribution >= 4 is 33.2 Å². The van der Waals surface area contributed by atoms with Gasteiger partial charge in [-0.25, -0.2) is 0 Å². The number of anilines is 1. The highest BCUT2D eigenvalue weighted by atomic mass is 32.2. The van der Waals surface area contributed by atoms with Crippen molar-refractivity contribution in [3.8, 4) is 0 Å². The first-order valence-electron chi connectivity index (χ1n) is 16.0. The van der Waals surface area contributed by atoms with Crippen molar-refractivity contribution in [2.75, 3.05) is 23.7 Å². The summed E-state index contributed by atoms with van der Waals surface area (Å²) < 4.78 is 34.3. The maximum atomic E-state index is 11.4. The first-order chi connectivity index (χ1) is 20.7. The number of nitrogens with zero attached hydrogens (tertiary/aromatic N) is 2. The number of para-hydroxylation sites is 1. The highest BCUT2D eigenvalue weighted by Gasteiger charge is 2.51. The van der Waals surface area contributed by atoms with E-state index in [1.54, 1.807) is 0 Å². The molecule has 0 spiro atoms. The maximum Gasteiger partial charge on any atom is 0.307 e. The minimum atomic E-state index is -3.98. The molecule has 2 N–H and O–H groups in total. The number of carboxylic acids is 1. The van der Waals surface area contributed by atoms with Crippen LogP contribution < -0.4 is 4.90 Å². The van der Waals surface area contributed by atoms with Crippen LogP contribution in [0.15, 0.2) is 66.4 Å². The Kier molecular flexibility index (Phi) is 9.37. The van der Waals surface area contributed by atoms with Crippen molar-refractivity contribution in [2.45, 2.75) is 92.4 Å². The lowest BCUT2D eigenvalue weighted by molar-refractivity contribution is -0.437. The summed E-state index contributed by atoms with van der Waals surface area (Å²) in [7, 11) is -3.98. The minimum absolute atomic E-state index is 0.00867. The molecule has 0 atom stereocenters. The van der Waals surface area contributed by atoms with Gasteiger partial charge in [-0.05, 0) is 70.7 Å². The number of fused-ring (bicyclic) bond motifs is 2. The van der Waals surface area contributed by atoms with Crippen molar-refractivity contribution in [2.24, 2.45) is 10.8 Å². The second-order valence-corrected chi connectivity index (χ2v) is 16.4. The van der Waals surface area contributed by atoms with Crippen molar-refractivity contribution in [3.05, 3.63) is 83.1 Å². The van der Waals surface area contributed by atoms with Crippen LogP contribution in [0.2, 0.25) is 0 Å². The van der Waals surface area contributed by atoms with Gasteiger partial charge in [0, 0.05) is 40.4 Å². The van der Waals surface area contributed by atoms with Gasteiger partial charge in [0.25, 0.3) is 10.1 Å². The number of unbranched alkanes of at least 4 members (excludes halogenated alkanes) is 1. The Morgan fingerprint density at radius 3 is 2.24 bits per heavy atom. The third-order valence-electron chi connectivity index (χ3n) is 9.44. The fraction of sp³-hybridized carbons (Fsp3) is 0.514. The molecule has 2 aromatic carbocycles. The van der Waals surface area contributed by atoms with Crippen LogP contribution in [0.4, 0.5) is 11.4 Å². The van der Waals surface area contributed by atoms with Gasteiger partial charge in [0.2, 0.25) is 5.69 Å². The molecule has 7 nitrogen and oxygen atoms in total. The molecule has 0 saturated heterocycles. The Bertz CT molecular complexity index is 1680. The van der Waals surface area contributed by atoms with Gasteiger partial charge in [-0.15, -0.1) is 0 Å². The predicted molar refractivity (Wildman–Crippen MR) is 184 cm³/mol. The molecule has 244 valence electrons. The third kappa shape index (κ3) is 7.12. The lowest BCUT2D eigenvalue weighted by Gasteiger charge is -2.32. The van der Waals surface area contributed by atoms with Gasteiger partial charge in [-0.2, -0.15) is 13.0 Å². The smallest absolute Gasteiger partial charge is 0.307 e.